The van der Waals surface area contributed by atoms with E-state index in [-0.39, 0.29) is 22.9 Å². The zero-order valence-corrected chi connectivity index (χ0v) is 34.7. The fraction of sp³-hybridized carbons (Fsp3) is 0.571. The second kappa shape index (κ2) is 33.4. The molecule has 0 spiro atoms. The molecule has 5 nitrogen and oxygen atoms in total. The zero-order valence-electron chi connectivity index (χ0n) is 24.3. The topological polar surface area (TPSA) is 85.9 Å². The number of hydrogen-bond donors (Lipinski definition) is 1. The predicted molar refractivity (Wildman–Crippen MR) is 205 cm³/mol. The van der Waals surface area contributed by atoms with Crippen LogP contribution in [0.5, 0.6) is 0 Å². The lowest BCUT2D eigenvalue weighted by Gasteiger charge is -2.03. The Kier molecular flexibility index (Phi) is 40.1. The third kappa shape index (κ3) is 41.1. The van der Waals surface area contributed by atoms with Crippen molar-refractivity contribution in [2.75, 3.05) is 10.2 Å². The normalized spacial score (nSPS) is 9.26. The SMILES string of the molecule is CC(C)C(=O)Cc1cncc(Br)c1.CC(C)C(=O)Cl.CCC.CCC(I)I.CCCI.Nc1cncc(Br)c1. The second-order valence-corrected chi connectivity index (χ2v) is 17.1. The monoisotopic (exact) mass is 1030 g/mol. The first kappa shape index (κ1) is 46.8. The summed E-state index contributed by atoms with van der Waals surface area (Å²) in [6.45, 7) is 15.9. The van der Waals surface area contributed by atoms with Crippen LogP contribution in [0.3, 0.4) is 0 Å². The highest BCUT2D eigenvalue weighted by molar-refractivity contribution is 14.2. The van der Waals surface area contributed by atoms with Gasteiger partial charge in [0.1, 0.15) is 5.78 Å². The molecule has 2 aromatic heterocycles. The lowest BCUT2D eigenvalue weighted by atomic mass is 10.0. The number of carbonyl (C=O) groups is 2. The molecule has 2 N–H and O–H groups in total. The molecule has 226 valence electrons. The van der Waals surface area contributed by atoms with E-state index in [0.717, 1.165) is 16.4 Å². The van der Waals surface area contributed by atoms with Crippen LogP contribution < -0.4 is 5.73 Å². The van der Waals surface area contributed by atoms with Gasteiger partial charge in [-0.1, -0.05) is 130 Å². The summed E-state index contributed by atoms with van der Waals surface area (Å²) in [5.74, 6) is 0.325. The summed E-state index contributed by atoms with van der Waals surface area (Å²) in [4.78, 5) is 29.1. The number of halogens is 6. The molecule has 0 saturated carbocycles. The van der Waals surface area contributed by atoms with Crippen molar-refractivity contribution in [1.82, 2.24) is 9.97 Å². The van der Waals surface area contributed by atoms with Gasteiger partial charge in [0.25, 0.3) is 0 Å². The molecular formula is C28H45Br2ClI3N3O2. The van der Waals surface area contributed by atoms with Gasteiger partial charge < -0.3 is 5.73 Å². The average molecular weight is 1030 g/mol. The van der Waals surface area contributed by atoms with Gasteiger partial charge in [-0.05, 0) is 78.4 Å². The number of nitrogen functional groups attached to an aromatic ring is 1. The van der Waals surface area contributed by atoms with E-state index in [4.69, 9.17) is 17.3 Å². The minimum absolute atomic E-state index is 0.0216. The van der Waals surface area contributed by atoms with Crippen LogP contribution in [0.4, 0.5) is 5.69 Å². The number of alkyl halides is 3. The lowest BCUT2D eigenvalue weighted by Crippen LogP contribution is -2.10. The van der Waals surface area contributed by atoms with Crippen molar-refractivity contribution in [3.63, 3.8) is 0 Å². The third-order valence-electron chi connectivity index (χ3n) is 3.46. The van der Waals surface area contributed by atoms with Crippen molar-refractivity contribution in [3.8, 4) is 0 Å². The molecule has 2 aromatic rings. The molecule has 0 bridgehead atoms. The first-order valence-corrected chi connectivity index (χ1v) is 18.6. The Balaban J connectivity index is -0.000000204. The van der Waals surface area contributed by atoms with Crippen molar-refractivity contribution in [2.24, 2.45) is 11.8 Å². The van der Waals surface area contributed by atoms with E-state index in [2.05, 4.69) is 137 Å². The van der Waals surface area contributed by atoms with Crippen molar-refractivity contribution < 1.29 is 9.59 Å². The van der Waals surface area contributed by atoms with E-state index in [1.54, 1.807) is 44.7 Å². The number of nitrogens with two attached hydrogens (primary N) is 1. The molecular weight excluding hydrogens is 986 g/mol. The highest BCUT2D eigenvalue weighted by Crippen LogP contribution is 2.12. The summed E-state index contributed by atoms with van der Waals surface area (Å²) in [6, 6.07) is 3.72. The van der Waals surface area contributed by atoms with Crippen LogP contribution in [0.1, 0.15) is 80.2 Å². The molecule has 2 heterocycles. The molecule has 0 radical (unpaired) electrons. The second-order valence-electron chi connectivity index (χ2n) is 8.40. The van der Waals surface area contributed by atoms with Crippen LogP contribution in [0, 0.1) is 11.8 Å². The van der Waals surface area contributed by atoms with Gasteiger partial charge >= 0.3 is 0 Å². The minimum atomic E-state index is -0.269. The first-order valence-electron chi connectivity index (χ1n) is 12.6. The predicted octanol–water partition coefficient (Wildman–Crippen LogP) is 11.3. The summed E-state index contributed by atoms with van der Waals surface area (Å²) < 4.78 is 3.95. The van der Waals surface area contributed by atoms with Gasteiger partial charge in [-0.2, -0.15) is 0 Å². The molecule has 0 aliphatic rings. The molecule has 39 heavy (non-hydrogen) atoms. The molecule has 0 amide bonds. The van der Waals surface area contributed by atoms with Crippen LogP contribution in [-0.4, -0.2) is 27.4 Å². The highest BCUT2D eigenvalue weighted by Gasteiger charge is 2.08. The van der Waals surface area contributed by atoms with Crippen LogP contribution in [0.15, 0.2) is 45.9 Å². The Hall–Kier alpha value is 0.880. The molecule has 2 rings (SSSR count). The Labute approximate surface area is 300 Å². The van der Waals surface area contributed by atoms with E-state index < -0.39 is 0 Å². The number of anilines is 1. The zero-order chi connectivity index (χ0) is 31.4. The molecule has 0 aromatic carbocycles. The van der Waals surface area contributed by atoms with Gasteiger partial charge in [0.2, 0.25) is 5.24 Å². The molecule has 0 fully saturated rings. The third-order valence-corrected chi connectivity index (χ3v) is 7.61. The summed E-state index contributed by atoms with van der Waals surface area (Å²) in [5.41, 5.74) is 7.01. The summed E-state index contributed by atoms with van der Waals surface area (Å²) in [6.07, 6.45) is 11.0. The molecule has 0 aliphatic heterocycles. The molecule has 0 aliphatic carbocycles. The Morgan fingerprint density at radius 1 is 0.897 bits per heavy atom. The Bertz CT molecular complexity index is 843. The van der Waals surface area contributed by atoms with Crippen LogP contribution >= 0.6 is 111 Å². The van der Waals surface area contributed by atoms with Gasteiger partial charge in [0, 0.05) is 52.0 Å². The standard InChI is InChI=1S/C10H12BrNO.C5H5BrN2.C4H7ClO.C3H6I2.C3H7I.C3H8/c1-7(2)10(13)4-8-3-9(11)6-12-5-8;6-4-1-5(7)3-8-2-4;1-3(2)4(5)6;1-2-3(4)5;1-2-3-4;1-3-2/h3,5-7H,4H2,1-2H3;1-3H,7H2;3H,1-2H3;3H,2H2,1H3;2-3H2,1H3;3H2,1-2H3. The Morgan fingerprint density at radius 2 is 1.28 bits per heavy atom. The van der Waals surface area contributed by atoms with Gasteiger partial charge in [0.15, 0.2) is 0 Å². The van der Waals surface area contributed by atoms with E-state index in [0.29, 0.717) is 12.1 Å². The number of aromatic nitrogens is 2. The fourth-order valence-electron chi connectivity index (χ4n) is 1.39. The smallest absolute Gasteiger partial charge is 0.224 e. The Morgan fingerprint density at radius 3 is 1.51 bits per heavy atom. The maximum atomic E-state index is 11.4. The summed E-state index contributed by atoms with van der Waals surface area (Å²) in [7, 11) is 0. The molecule has 0 saturated heterocycles. The van der Waals surface area contributed by atoms with Crippen LogP contribution in [0.2, 0.25) is 0 Å². The van der Waals surface area contributed by atoms with Gasteiger partial charge in [0.05, 0.1) is 7.62 Å². The number of carbonyl (C=O) groups excluding carboxylic acids is 2. The van der Waals surface area contributed by atoms with Crippen molar-refractivity contribution in [3.05, 3.63) is 51.4 Å². The maximum absolute atomic E-state index is 11.4. The lowest BCUT2D eigenvalue weighted by molar-refractivity contribution is -0.121. The van der Waals surface area contributed by atoms with Crippen molar-refractivity contribution >= 4 is 128 Å². The van der Waals surface area contributed by atoms with Crippen molar-refractivity contribution in [1.29, 1.82) is 0 Å². The average Bonchev–Trinajstić information content (AvgIpc) is 2.85. The summed E-state index contributed by atoms with van der Waals surface area (Å²) in [5, 5.41) is -0.269. The highest BCUT2D eigenvalue weighted by atomic mass is 127. The van der Waals surface area contributed by atoms with E-state index in [1.807, 2.05) is 19.9 Å². The number of rotatable bonds is 6. The number of ketones is 1. The van der Waals surface area contributed by atoms with Gasteiger partial charge in [-0.3, -0.25) is 19.6 Å². The first-order chi connectivity index (χ1) is 18.1. The van der Waals surface area contributed by atoms with E-state index in [1.165, 1.54) is 23.7 Å². The van der Waals surface area contributed by atoms with Crippen LogP contribution in [-0.2, 0) is 16.0 Å². The van der Waals surface area contributed by atoms with Crippen LogP contribution in [0.25, 0.3) is 0 Å². The number of pyridine rings is 2. The molecule has 0 unspecified atom stereocenters. The molecule has 0 atom stereocenters. The summed E-state index contributed by atoms with van der Waals surface area (Å²) >= 11 is 18.6. The van der Waals surface area contributed by atoms with Crippen molar-refractivity contribution in [2.45, 2.75) is 83.0 Å². The van der Waals surface area contributed by atoms with E-state index in [9.17, 15) is 9.59 Å². The number of Topliss-reactive ketones (excluding diaryl/α,β-unsaturated/α-hetero) is 1. The molecule has 11 heteroatoms. The number of nitrogens with zero attached hydrogens (tertiary/aromatic N) is 2. The van der Waals surface area contributed by atoms with Gasteiger partial charge in [-0.15, -0.1) is 0 Å². The largest absolute Gasteiger partial charge is 0.397 e. The fourth-order valence-corrected chi connectivity index (χ4v) is 2.18. The minimum Gasteiger partial charge on any atom is -0.397 e. The quantitative estimate of drug-likeness (QED) is 0.177. The number of hydrogen-bond acceptors (Lipinski definition) is 5. The van der Waals surface area contributed by atoms with Gasteiger partial charge in [-0.25, -0.2) is 0 Å². The maximum Gasteiger partial charge on any atom is 0.224 e. The van der Waals surface area contributed by atoms with E-state index >= 15 is 0 Å².